The molecule has 2 saturated heterocycles. The van der Waals surface area contributed by atoms with Gasteiger partial charge in [-0.25, -0.2) is 4.57 Å². The predicted molar refractivity (Wildman–Crippen MR) is 472 cm³/mol. The van der Waals surface area contributed by atoms with Gasteiger partial charge in [0.1, 0.15) is 92.6 Å². The van der Waals surface area contributed by atoms with E-state index in [4.69, 9.17) is 46.9 Å². The number of carbonyl (C=O) groups is 4. The first kappa shape index (κ1) is 112. The minimum atomic E-state index is -5.81. The lowest BCUT2D eigenvalue weighted by Crippen LogP contribution is -2.70. The van der Waals surface area contributed by atoms with Gasteiger partial charge in [-0.05, 0) is 83.0 Å². The molecule has 1 aliphatic carbocycles. The molecule has 0 amide bonds. The normalized spacial score (nSPS) is 25.0. The highest BCUT2D eigenvalue weighted by Gasteiger charge is 2.60. The Morgan fingerprint density at radius 3 is 1.07 bits per heavy atom. The number of phosphoric ester groups is 1. The Labute approximate surface area is 730 Å². The third kappa shape index (κ3) is 52.9. The van der Waals surface area contributed by atoms with Crippen LogP contribution in [0.5, 0.6) is 0 Å². The third-order valence-electron chi connectivity index (χ3n) is 24.1. The second-order valence-corrected chi connectivity index (χ2v) is 36.6. The van der Waals surface area contributed by atoms with Crippen LogP contribution < -0.4 is 0 Å². The van der Waals surface area contributed by atoms with Gasteiger partial charge in [0.15, 0.2) is 24.8 Å². The van der Waals surface area contributed by atoms with Gasteiger partial charge >= 0.3 is 31.7 Å². The molecule has 0 aromatic rings. The van der Waals surface area contributed by atoms with Crippen LogP contribution in [0.4, 0.5) is 0 Å². The van der Waals surface area contributed by atoms with Crippen LogP contribution in [-0.4, -0.2) is 205 Å². The van der Waals surface area contributed by atoms with Crippen molar-refractivity contribution in [1.82, 2.24) is 0 Å². The minimum Gasteiger partial charge on any atom is -0.463 e. The number of carbonyl (C=O) groups excluding carboxylic acids is 4. The minimum absolute atomic E-state index is 0.0173. The van der Waals surface area contributed by atoms with Crippen molar-refractivity contribution in [3.05, 3.63) is 24.3 Å². The van der Waals surface area contributed by atoms with E-state index in [1.807, 2.05) is 0 Å². The second kappa shape index (κ2) is 72.8. The van der Waals surface area contributed by atoms with Crippen LogP contribution in [0.15, 0.2) is 24.3 Å². The Morgan fingerprint density at radius 2 is 0.669 bits per heavy atom. The Hall–Kier alpha value is -3.05. The fourth-order valence-corrected chi connectivity index (χ4v) is 17.2. The number of allylic oxidation sites excluding steroid dienone is 4. The molecule has 2 aliphatic heterocycles. The summed E-state index contributed by atoms with van der Waals surface area (Å²) in [7, 11) is -5.81. The first-order valence-corrected chi connectivity index (χ1v) is 50.5. The lowest BCUT2D eigenvalue weighted by atomic mass is 9.84. The molecule has 121 heavy (non-hydrogen) atoms. The molecular formula is C95H175O25P. The predicted octanol–water partition coefficient (Wildman–Crippen LogP) is 18.7. The second-order valence-electron chi connectivity index (χ2n) is 35.2. The van der Waals surface area contributed by atoms with Gasteiger partial charge in [0.25, 0.3) is 0 Å². The summed E-state index contributed by atoms with van der Waals surface area (Å²) >= 11 is 0. The van der Waals surface area contributed by atoms with E-state index in [-0.39, 0.29) is 25.7 Å². The molecule has 0 spiro atoms. The molecule has 0 bridgehead atoms. The van der Waals surface area contributed by atoms with E-state index < -0.39 is 162 Å². The van der Waals surface area contributed by atoms with E-state index in [0.29, 0.717) is 44.4 Å². The van der Waals surface area contributed by atoms with Gasteiger partial charge in [-0.1, -0.05) is 341 Å². The first-order chi connectivity index (χ1) is 58.6. The Balaban J connectivity index is 1.91. The largest absolute Gasteiger partial charge is 0.472 e. The average Bonchev–Trinajstić information content (AvgIpc) is 0.753. The van der Waals surface area contributed by atoms with E-state index in [1.165, 1.54) is 161 Å². The molecule has 3 aliphatic rings. The Bertz CT molecular complexity index is 2620. The number of hydrogen-bond acceptors (Lipinski definition) is 24. The van der Waals surface area contributed by atoms with Crippen LogP contribution in [-0.2, 0) is 70.7 Å². The number of aliphatic hydroxyl groups is 9. The maximum absolute atomic E-state index is 14.9. The molecule has 3 rings (SSSR count). The van der Waals surface area contributed by atoms with Crippen LogP contribution in [0, 0.1) is 5.92 Å². The van der Waals surface area contributed by atoms with Gasteiger partial charge in [-0.2, -0.15) is 0 Å². The topological polar surface area (TPSA) is 380 Å². The van der Waals surface area contributed by atoms with Gasteiger partial charge in [-0.3, -0.25) is 28.2 Å². The van der Waals surface area contributed by atoms with E-state index >= 15 is 0 Å². The van der Waals surface area contributed by atoms with Crippen molar-refractivity contribution in [3.63, 3.8) is 0 Å². The molecule has 25 nitrogen and oxygen atoms in total. The van der Waals surface area contributed by atoms with E-state index in [9.17, 15) is 74.6 Å². The summed E-state index contributed by atoms with van der Waals surface area (Å²) in [6.45, 7) is 7.90. The lowest BCUT2D eigenvalue weighted by molar-refractivity contribution is -0.360. The van der Waals surface area contributed by atoms with Crippen molar-refractivity contribution in [3.8, 4) is 0 Å². The monoisotopic (exact) mass is 1750 g/mol. The highest BCUT2D eigenvalue weighted by Crippen LogP contribution is 2.49. The molecule has 10 N–H and O–H groups in total. The zero-order valence-electron chi connectivity index (χ0n) is 76.0. The Morgan fingerprint density at radius 1 is 0.347 bits per heavy atom. The van der Waals surface area contributed by atoms with Crippen molar-refractivity contribution >= 4 is 31.7 Å². The maximum atomic E-state index is 14.9. The average molecular weight is 1750 g/mol. The molecule has 2 heterocycles. The number of aliphatic hydroxyl groups excluding tert-OH is 9. The zero-order valence-corrected chi connectivity index (χ0v) is 76.9. The highest BCUT2D eigenvalue weighted by atomic mass is 31.2. The standard InChI is InChI=1S/C95H175O25P/c1-6-10-14-18-22-25-28-31-34-37-39-42-45-48-55-61-67-79(98)112-73-77-83(102)85(104)89(108)95(116-77)119-92-90(117-81(100)69-63-57-51-50-53-59-65-74(5)64-58-52-21-17-13-9-4)86(105)87(106)91(118-94-88(107)84(103)82(101)76(70-96)115-94)93(92)120-121(109,110)113-72-75(114-80(99)68-62-56-49-46-43-40-36-33-30-27-24-20-16-12-8-3)71-111-78(97)66-60-54-47-44-41-38-35-32-29-26-23-19-15-11-7-2/h26-27,29-30,74-77,82-96,101-108H,6-25,28,31-73H2,1-5H3,(H,109,110)/b29-26-,30-27-. The molecule has 0 radical (unpaired) electrons. The maximum Gasteiger partial charge on any atom is 0.472 e. The van der Waals surface area contributed by atoms with Crippen molar-refractivity contribution in [1.29, 1.82) is 0 Å². The number of hydrogen-bond donors (Lipinski definition) is 10. The van der Waals surface area contributed by atoms with Crippen LogP contribution in [0.3, 0.4) is 0 Å². The van der Waals surface area contributed by atoms with Crippen LogP contribution >= 0.6 is 7.82 Å². The highest BCUT2D eigenvalue weighted by molar-refractivity contribution is 7.47. The molecule has 710 valence electrons. The van der Waals surface area contributed by atoms with E-state index in [0.717, 1.165) is 161 Å². The molecule has 3 fully saturated rings. The van der Waals surface area contributed by atoms with Crippen LogP contribution in [0.1, 0.15) is 420 Å². The smallest absolute Gasteiger partial charge is 0.463 e. The molecular weight excluding hydrogens is 1570 g/mol. The lowest BCUT2D eigenvalue weighted by Gasteiger charge is -2.50. The zero-order chi connectivity index (χ0) is 88.4. The molecule has 26 heteroatoms. The molecule has 19 unspecified atom stereocenters. The first-order valence-electron chi connectivity index (χ1n) is 49.0. The third-order valence-corrected chi connectivity index (χ3v) is 25.1. The number of phosphoric acid groups is 1. The van der Waals surface area contributed by atoms with Crippen molar-refractivity contribution in [2.24, 2.45) is 5.92 Å². The number of rotatable bonds is 79. The molecule has 0 aromatic heterocycles. The Kier molecular flexibility index (Phi) is 67.5. The van der Waals surface area contributed by atoms with Crippen molar-refractivity contribution < 1.29 is 122 Å². The summed E-state index contributed by atoms with van der Waals surface area (Å²) in [6, 6.07) is 0. The SMILES string of the molecule is CCCCCC/C=C\CCCCCCCCCC(=O)OCC(COP(=O)(O)OC1C(OC2OC(CO)C(O)C(O)C2O)C(O)C(O)C(OC(=O)CCCCCCCCC(C)CCCCCCCC)C1OC1OC(COC(=O)CCCCCCCCCCCCCCCCCC)C(O)C(O)C1O)OC(=O)CCCCCCCCC/C=C\CCCCCC. The van der Waals surface area contributed by atoms with Gasteiger partial charge in [0.2, 0.25) is 0 Å². The number of esters is 4. The summed E-state index contributed by atoms with van der Waals surface area (Å²) in [5, 5.41) is 103. The summed E-state index contributed by atoms with van der Waals surface area (Å²) in [6.07, 6.45) is 32.9. The number of ether oxygens (including phenoxy) is 8. The summed E-state index contributed by atoms with van der Waals surface area (Å²) < 4.78 is 73.6. The number of unbranched alkanes of at least 4 members (excludes halogenated alkanes) is 47. The summed E-state index contributed by atoms with van der Waals surface area (Å²) in [5.41, 5.74) is 0. The summed E-state index contributed by atoms with van der Waals surface area (Å²) in [4.78, 5) is 66.6. The molecule has 19 atom stereocenters. The molecule has 1 saturated carbocycles. The fourth-order valence-electron chi connectivity index (χ4n) is 16.2. The quantitative estimate of drug-likeness (QED) is 0.00889. The fraction of sp³-hybridized carbons (Fsp3) is 0.916. The van der Waals surface area contributed by atoms with E-state index in [2.05, 4.69) is 58.9 Å². The van der Waals surface area contributed by atoms with Gasteiger partial charge in [0.05, 0.1) is 13.2 Å². The summed E-state index contributed by atoms with van der Waals surface area (Å²) in [5.74, 6) is -2.34. The van der Waals surface area contributed by atoms with Gasteiger partial charge in [0, 0.05) is 25.7 Å². The van der Waals surface area contributed by atoms with Crippen LogP contribution in [0.25, 0.3) is 0 Å². The van der Waals surface area contributed by atoms with Crippen molar-refractivity contribution in [2.45, 2.75) is 524 Å². The van der Waals surface area contributed by atoms with Crippen molar-refractivity contribution in [2.75, 3.05) is 26.4 Å². The van der Waals surface area contributed by atoms with Gasteiger partial charge < -0.3 is 88.7 Å². The van der Waals surface area contributed by atoms with Gasteiger partial charge in [-0.15, -0.1) is 0 Å². The molecule has 0 aromatic carbocycles. The van der Waals surface area contributed by atoms with Crippen LogP contribution in [0.2, 0.25) is 0 Å². The van der Waals surface area contributed by atoms with E-state index in [1.54, 1.807) is 0 Å².